The number of carbonyl (C=O) groups excluding carboxylic acids is 2. The van der Waals surface area contributed by atoms with Crippen molar-refractivity contribution >= 4 is 23.6 Å². The van der Waals surface area contributed by atoms with E-state index in [2.05, 4.69) is 10.6 Å². The fourth-order valence-electron chi connectivity index (χ4n) is 0.427. The van der Waals surface area contributed by atoms with Crippen LogP contribution >= 0.6 is 11.8 Å². The molecule has 0 bridgehead atoms. The monoisotopic (exact) mass is 200 g/mol. The van der Waals surface area contributed by atoms with Crippen molar-refractivity contribution < 1.29 is 9.59 Å². The lowest BCUT2D eigenvalue weighted by atomic mass is 10.7. The van der Waals surface area contributed by atoms with Crippen LogP contribution in [0.25, 0.3) is 0 Å². The molecule has 0 rings (SSSR count). The summed E-state index contributed by atoms with van der Waals surface area (Å²) in [5, 5.41) is 8.36. The summed E-state index contributed by atoms with van der Waals surface area (Å²) in [7, 11) is 0. The van der Waals surface area contributed by atoms with Crippen molar-refractivity contribution in [3.63, 3.8) is 0 Å². The number of amides is 2. The van der Waals surface area contributed by atoms with Crippen LogP contribution in [0.15, 0.2) is 23.2 Å². The summed E-state index contributed by atoms with van der Waals surface area (Å²) < 4.78 is 0. The molecule has 0 spiro atoms. The number of hydrogen-bond acceptors (Lipinski definition) is 3. The summed E-state index contributed by atoms with van der Waals surface area (Å²) in [5.41, 5.74) is 0. The molecule has 4 nitrogen and oxygen atoms in total. The van der Waals surface area contributed by atoms with Crippen molar-refractivity contribution in [1.29, 1.82) is 0 Å². The molecule has 5 heteroatoms. The normalized spacial score (nSPS) is 10.6. The smallest absolute Gasteiger partial charge is 0.220 e. The maximum Gasteiger partial charge on any atom is 0.220 e. The third-order valence-corrected chi connectivity index (χ3v) is 1.45. The maximum absolute atomic E-state index is 10.4. The SMILES string of the molecule is CC(=O)NC=CSC=CNC(C)=O. The Morgan fingerprint density at radius 1 is 1.00 bits per heavy atom. The maximum atomic E-state index is 10.4. The highest BCUT2D eigenvalue weighted by atomic mass is 32.2. The summed E-state index contributed by atoms with van der Waals surface area (Å²) in [4.78, 5) is 20.8. The highest BCUT2D eigenvalue weighted by Gasteiger charge is 1.82. The Kier molecular flexibility index (Phi) is 6.72. The summed E-state index contributed by atoms with van der Waals surface area (Å²) in [6.45, 7) is 2.87. The minimum atomic E-state index is -0.109. The van der Waals surface area contributed by atoms with Crippen LogP contribution < -0.4 is 10.6 Å². The predicted octanol–water partition coefficient (Wildman–Crippen LogP) is 0.934. The van der Waals surface area contributed by atoms with Gasteiger partial charge >= 0.3 is 0 Å². The second kappa shape index (κ2) is 7.42. The third-order valence-electron chi connectivity index (χ3n) is 0.866. The Balaban J connectivity index is 3.43. The Morgan fingerprint density at radius 2 is 1.38 bits per heavy atom. The zero-order valence-corrected chi connectivity index (χ0v) is 8.35. The molecule has 0 aliphatic rings. The van der Waals surface area contributed by atoms with Gasteiger partial charge in [0.05, 0.1) is 0 Å². The molecule has 0 heterocycles. The van der Waals surface area contributed by atoms with Gasteiger partial charge in [-0.15, -0.1) is 11.8 Å². The lowest BCUT2D eigenvalue weighted by molar-refractivity contribution is -0.118. The summed E-state index contributed by atoms with van der Waals surface area (Å²) >= 11 is 1.35. The van der Waals surface area contributed by atoms with Crippen molar-refractivity contribution in [2.24, 2.45) is 0 Å². The number of nitrogens with one attached hydrogen (secondary N) is 2. The van der Waals surface area contributed by atoms with E-state index in [1.54, 1.807) is 10.8 Å². The van der Waals surface area contributed by atoms with Crippen LogP contribution in [0.4, 0.5) is 0 Å². The van der Waals surface area contributed by atoms with Gasteiger partial charge in [-0.25, -0.2) is 0 Å². The minimum Gasteiger partial charge on any atom is -0.332 e. The highest BCUT2D eigenvalue weighted by molar-refractivity contribution is 8.04. The first-order valence-electron chi connectivity index (χ1n) is 3.62. The standard InChI is InChI=1S/C8H12N2O2S/c1-7(11)9-3-5-13-6-4-10-8(2)12/h3-6H,1-2H3,(H,9,11)(H,10,12). The molecule has 0 atom stereocenters. The zero-order chi connectivity index (χ0) is 10.1. The van der Waals surface area contributed by atoms with Crippen LogP contribution in [-0.2, 0) is 9.59 Å². The quantitative estimate of drug-likeness (QED) is 0.710. The predicted molar refractivity (Wildman–Crippen MR) is 53.5 cm³/mol. The molecule has 13 heavy (non-hydrogen) atoms. The Hall–Kier alpha value is -1.23. The van der Waals surface area contributed by atoms with Crippen LogP contribution in [0, 0.1) is 0 Å². The molecule has 0 fully saturated rings. The average Bonchev–Trinajstić information content (AvgIpc) is 2.01. The van der Waals surface area contributed by atoms with Gasteiger partial charge in [-0.3, -0.25) is 9.59 Å². The first-order valence-corrected chi connectivity index (χ1v) is 4.57. The number of rotatable bonds is 4. The highest BCUT2D eigenvalue weighted by Crippen LogP contribution is 2.01. The number of carbonyl (C=O) groups is 2. The molecule has 2 N–H and O–H groups in total. The van der Waals surface area contributed by atoms with Crippen molar-refractivity contribution in [2.75, 3.05) is 0 Å². The van der Waals surface area contributed by atoms with E-state index in [9.17, 15) is 9.59 Å². The fourth-order valence-corrected chi connectivity index (χ4v) is 0.811. The molecule has 0 aliphatic heterocycles. The molecule has 0 saturated carbocycles. The zero-order valence-electron chi connectivity index (χ0n) is 7.53. The van der Waals surface area contributed by atoms with E-state index in [-0.39, 0.29) is 11.8 Å². The molecule has 0 radical (unpaired) electrons. The summed E-state index contributed by atoms with van der Waals surface area (Å²) in [6, 6.07) is 0. The van der Waals surface area contributed by atoms with E-state index in [1.807, 2.05) is 0 Å². The molecule has 0 aromatic carbocycles. The Morgan fingerprint density at radius 3 is 1.69 bits per heavy atom. The second-order valence-corrected chi connectivity index (χ2v) is 2.96. The Labute approximate surface area is 81.5 Å². The van der Waals surface area contributed by atoms with E-state index in [4.69, 9.17) is 0 Å². The second-order valence-electron chi connectivity index (χ2n) is 2.14. The van der Waals surface area contributed by atoms with Crippen LogP contribution in [0.3, 0.4) is 0 Å². The van der Waals surface area contributed by atoms with Crippen LogP contribution in [0.5, 0.6) is 0 Å². The van der Waals surface area contributed by atoms with E-state index in [0.29, 0.717) is 0 Å². The first-order chi connectivity index (χ1) is 6.13. The van der Waals surface area contributed by atoms with E-state index in [0.717, 1.165) is 0 Å². The van der Waals surface area contributed by atoms with Gasteiger partial charge in [0.1, 0.15) is 0 Å². The first kappa shape index (κ1) is 11.8. The molecule has 72 valence electrons. The van der Waals surface area contributed by atoms with Crippen molar-refractivity contribution in [3.05, 3.63) is 23.2 Å². The van der Waals surface area contributed by atoms with Crippen molar-refractivity contribution in [1.82, 2.24) is 10.6 Å². The molecular weight excluding hydrogens is 188 g/mol. The van der Waals surface area contributed by atoms with Crippen LogP contribution in [-0.4, -0.2) is 11.8 Å². The number of hydrogen-bond donors (Lipinski definition) is 2. The van der Waals surface area contributed by atoms with Crippen molar-refractivity contribution in [2.45, 2.75) is 13.8 Å². The van der Waals surface area contributed by atoms with Gasteiger partial charge in [0.25, 0.3) is 0 Å². The Bertz CT molecular complexity index is 212. The van der Waals surface area contributed by atoms with Gasteiger partial charge in [0, 0.05) is 26.2 Å². The third kappa shape index (κ3) is 10.8. The fraction of sp³-hybridized carbons (Fsp3) is 0.250. The van der Waals surface area contributed by atoms with Crippen LogP contribution in [0.1, 0.15) is 13.8 Å². The molecule has 0 unspecified atom stereocenters. The van der Waals surface area contributed by atoms with E-state index in [1.165, 1.54) is 38.0 Å². The summed E-state index contributed by atoms with van der Waals surface area (Å²) in [6.07, 6.45) is 3.07. The minimum absolute atomic E-state index is 0.109. The van der Waals surface area contributed by atoms with Gasteiger partial charge < -0.3 is 10.6 Å². The van der Waals surface area contributed by atoms with Gasteiger partial charge in [-0.05, 0) is 10.8 Å². The summed E-state index contributed by atoms with van der Waals surface area (Å²) in [5.74, 6) is -0.217. The number of thioether (sulfide) groups is 1. The molecule has 0 aliphatic carbocycles. The molecular formula is C8H12N2O2S. The van der Waals surface area contributed by atoms with Gasteiger partial charge in [-0.2, -0.15) is 0 Å². The van der Waals surface area contributed by atoms with E-state index < -0.39 is 0 Å². The van der Waals surface area contributed by atoms with Crippen LogP contribution in [0.2, 0.25) is 0 Å². The van der Waals surface area contributed by atoms with Gasteiger partial charge in [0.15, 0.2) is 0 Å². The lowest BCUT2D eigenvalue weighted by Crippen LogP contribution is -2.11. The molecule has 0 aromatic heterocycles. The van der Waals surface area contributed by atoms with Gasteiger partial charge in [-0.1, -0.05) is 0 Å². The average molecular weight is 200 g/mol. The van der Waals surface area contributed by atoms with Gasteiger partial charge in [0.2, 0.25) is 11.8 Å². The lowest BCUT2D eigenvalue weighted by Gasteiger charge is -1.90. The largest absolute Gasteiger partial charge is 0.332 e. The van der Waals surface area contributed by atoms with Crippen molar-refractivity contribution in [3.8, 4) is 0 Å². The molecule has 0 saturated heterocycles. The molecule has 0 aromatic rings. The topological polar surface area (TPSA) is 58.2 Å². The molecule has 2 amide bonds. The van der Waals surface area contributed by atoms with E-state index >= 15 is 0 Å².